The zero-order valence-electron chi connectivity index (χ0n) is 13.6. The maximum absolute atomic E-state index is 15.0. The van der Waals surface area contributed by atoms with E-state index in [-0.39, 0.29) is 31.0 Å². The highest BCUT2D eigenvalue weighted by atomic mass is 32.2. The largest absolute Gasteiger partial charge is 0.506 e. The molecule has 26 heavy (non-hydrogen) atoms. The monoisotopic (exact) mass is 393 g/mol. The fraction of sp³-hybridized carbons (Fsp3) is 0.533. The van der Waals surface area contributed by atoms with Gasteiger partial charge in [-0.15, -0.1) is 0 Å². The SMILES string of the molecule is O=C1CN(c2c(O)cc3c(c2F)C[C@H](NCCC(F)F)CC3)S(=O)(=O)N1. The number of phenols is 1. The number of nitrogens with zero attached hydrogens (tertiary/aromatic N) is 1. The summed E-state index contributed by atoms with van der Waals surface area (Å²) in [5.41, 5.74) is 0.176. The summed E-state index contributed by atoms with van der Waals surface area (Å²) in [5.74, 6) is -2.31. The molecule has 3 rings (SSSR count). The van der Waals surface area contributed by atoms with Crippen LogP contribution in [0.15, 0.2) is 6.07 Å². The van der Waals surface area contributed by atoms with Gasteiger partial charge in [0.1, 0.15) is 18.0 Å². The van der Waals surface area contributed by atoms with Gasteiger partial charge in [0.05, 0.1) is 0 Å². The normalized spacial score (nSPS) is 21.8. The van der Waals surface area contributed by atoms with Crippen molar-refractivity contribution in [1.82, 2.24) is 10.0 Å². The number of carbonyl (C=O) groups excluding carboxylic acids is 1. The Hall–Kier alpha value is -2.01. The third-order valence-electron chi connectivity index (χ3n) is 4.49. The Kier molecular flexibility index (Phi) is 5.02. The lowest BCUT2D eigenvalue weighted by atomic mass is 9.87. The first-order chi connectivity index (χ1) is 12.2. The van der Waals surface area contributed by atoms with Crippen molar-refractivity contribution in [2.75, 3.05) is 17.4 Å². The molecule has 2 aliphatic rings. The lowest BCUT2D eigenvalue weighted by Crippen LogP contribution is -2.36. The van der Waals surface area contributed by atoms with Crippen LogP contribution in [0.4, 0.5) is 18.9 Å². The summed E-state index contributed by atoms with van der Waals surface area (Å²) in [5, 5.41) is 13.1. The molecular weight excluding hydrogens is 375 g/mol. The van der Waals surface area contributed by atoms with Gasteiger partial charge in [0, 0.05) is 19.0 Å². The summed E-state index contributed by atoms with van der Waals surface area (Å²) in [6.07, 6.45) is -1.57. The number of phenolic OH excluding ortho intramolecular Hbond substituents is 1. The highest BCUT2D eigenvalue weighted by molar-refractivity contribution is 7.92. The number of hydrogen-bond donors (Lipinski definition) is 3. The van der Waals surface area contributed by atoms with Crippen molar-refractivity contribution in [3.8, 4) is 5.75 Å². The van der Waals surface area contributed by atoms with Gasteiger partial charge in [-0.25, -0.2) is 22.2 Å². The molecule has 1 heterocycles. The van der Waals surface area contributed by atoms with Gasteiger partial charge in [0.25, 0.3) is 5.91 Å². The topological polar surface area (TPSA) is 98.7 Å². The van der Waals surface area contributed by atoms with Crippen LogP contribution in [-0.2, 0) is 27.8 Å². The molecule has 0 bridgehead atoms. The first kappa shape index (κ1) is 18.8. The Labute approximate surface area is 148 Å². The Balaban J connectivity index is 1.88. The predicted octanol–water partition coefficient (Wildman–Crippen LogP) is 0.814. The lowest BCUT2D eigenvalue weighted by Gasteiger charge is -2.28. The number of benzene rings is 1. The van der Waals surface area contributed by atoms with E-state index in [4.69, 9.17) is 0 Å². The van der Waals surface area contributed by atoms with Crippen LogP contribution in [0.1, 0.15) is 24.0 Å². The molecule has 1 saturated heterocycles. The summed E-state index contributed by atoms with van der Waals surface area (Å²) in [4.78, 5) is 11.4. The minimum Gasteiger partial charge on any atom is -0.506 e. The van der Waals surface area contributed by atoms with Crippen molar-refractivity contribution < 1.29 is 31.5 Å². The van der Waals surface area contributed by atoms with Gasteiger partial charge in [-0.1, -0.05) is 0 Å². The fourth-order valence-electron chi connectivity index (χ4n) is 3.29. The second-order valence-electron chi connectivity index (χ2n) is 6.31. The van der Waals surface area contributed by atoms with E-state index in [0.29, 0.717) is 22.7 Å². The molecule has 1 aromatic carbocycles. The van der Waals surface area contributed by atoms with Gasteiger partial charge in [-0.05, 0) is 36.5 Å². The van der Waals surface area contributed by atoms with E-state index in [2.05, 4.69) is 5.32 Å². The fourth-order valence-corrected chi connectivity index (χ4v) is 4.46. The third kappa shape index (κ3) is 3.58. The molecule has 0 unspecified atom stereocenters. The number of rotatable bonds is 5. The van der Waals surface area contributed by atoms with Crippen LogP contribution in [0.2, 0.25) is 0 Å². The molecule has 11 heteroatoms. The number of carbonyl (C=O) groups is 1. The minimum absolute atomic E-state index is 0.0865. The maximum Gasteiger partial charge on any atom is 0.326 e. The first-order valence-electron chi connectivity index (χ1n) is 8.07. The minimum atomic E-state index is -4.26. The van der Waals surface area contributed by atoms with Crippen LogP contribution in [0.5, 0.6) is 5.75 Å². The molecule has 0 radical (unpaired) electrons. The second kappa shape index (κ2) is 6.95. The van der Waals surface area contributed by atoms with Crippen molar-refractivity contribution in [2.45, 2.75) is 38.2 Å². The highest BCUT2D eigenvalue weighted by Gasteiger charge is 2.39. The van der Waals surface area contributed by atoms with Crippen LogP contribution < -0.4 is 14.3 Å². The van der Waals surface area contributed by atoms with Crippen molar-refractivity contribution in [1.29, 1.82) is 0 Å². The summed E-state index contributed by atoms with van der Waals surface area (Å²) in [6, 6.07) is 1.06. The molecule has 1 amide bonds. The van der Waals surface area contributed by atoms with Crippen molar-refractivity contribution in [3.05, 3.63) is 23.0 Å². The molecule has 0 saturated carbocycles. The van der Waals surface area contributed by atoms with Gasteiger partial charge in [0.2, 0.25) is 6.43 Å². The van der Waals surface area contributed by atoms with Crippen LogP contribution in [0, 0.1) is 5.82 Å². The number of amides is 1. The average Bonchev–Trinajstić information content (AvgIpc) is 2.80. The number of anilines is 1. The second-order valence-corrected chi connectivity index (χ2v) is 7.90. The predicted molar refractivity (Wildman–Crippen MR) is 86.9 cm³/mol. The van der Waals surface area contributed by atoms with Gasteiger partial charge < -0.3 is 10.4 Å². The first-order valence-corrected chi connectivity index (χ1v) is 9.51. The Morgan fingerprint density at radius 2 is 2.15 bits per heavy atom. The van der Waals surface area contributed by atoms with E-state index in [1.165, 1.54) is 6.07 Å². The van der Waals surface area contributed by atoms with E-state index in [9.17, 15) is 27.1 Å². The zero-order chi connectivity index (χ0) is 19.1. The molecule has 0 aromatic heterocycles. The molecule has 7 nitrogen and oxygen atoms in total. The summed E-state index contributed by atoms with van der Waals surface area (Å²) in [6.45, 7) is -0.537. The van der Waals surface area contributed by atoms with Crippen LogP contribution in [-0.4, -0.2) is 45.0 Å². The number of fused-ring (bicyclic) bond motifs is 1. The van der Waals surface area contributed by atoms with E-state index < -0.39 is 46.3 Å². The van der Waals surface area contributed by atoms with Crippen molar-refractivity contribution >= 4 is 21.8 Å². The lowest BCUT2D eigenvalue weighted by molar-refractivity contribution is -0.117. The van der Waals surface area contributed by atoms with Crippen molar-refractivity contribution in [2.24, 2.45) is 0 Å². The molecule has 1 aliphatic heterocycles. The summed E-state index contributed by atoms with van der Waals surface area (Å²) >= 11 is 0. The van der Waals surface area contributed by atoms with Crippen molar-refractivity contribution in [3.63, 3.8) is 0 Å². The van der Waals surface area contributed by atoms with E-state index in [1.54, 1.807) is 4.72 Å². The number of nitrogens with one attached hydrogen (secondary N) is 2. The van der Waals surface area contributed by atoms with Crippen LogP contribution in [0.25, 0.3) is 0 Å². The highest BCUT2D eigenvalue weighted by Crippen LogP contribution is 2.39. The maximum atomic E-state index is 15.0. The molecule has 1 atom stereocenters. The average molecular weight is 393 g/mol. The Morgan fingerprint density at radius 1 is 1.42 bits per heavy atom. The number of aryl methyl sites for hydroxylation is 1. The van der Waals surface area contributed by atoms with Crippen LogP contribution in [0.3, 0.4) is 0 Å². The van der Waals surface area contributed by atoms with Crippen LogP contribution >= 0.6 is 0 Å². The summed E-state index contributed by atoms with van der Waals surface area (Å²) < 4.78 is 65.6. The smallest absolute Gasteiger partial charge is 0.326 e. The Bertz CT molecular complexity index is 832. The molecular formula is C15H18F3N3O4S. The molecule has 144 valence electrons. The van der Waals surface area contributed by atoms with Gasteiger partial charge >= 0.3 is 10.2 Å². The Morgan fingerprint density at radius 3 is 2.77 bits per heavy atom. The van der Waals surface area contributed by atoms with E-state index in [1.807, 2.05) is 0 Å². The molecule has 1 fully saturated rings. The summed E-state index contributed by atoms with van der Waals surface area (Å²) in [7, 11) is -4.26. The number of hydrogen-bond acceptors (Lipinski definition) is 5. The molecule has 1 aromatic rings. The van der Waals surface area contributed by atoms with E-state index in [0.717, 1.165) is 0 Å². The van der Waals surface area contributed by atoms with Gasteiger partial charge in [0.15, 0.2) is 5.82 Å². The molecule has 0 spiro atoms. The standard InChI is InChI=1S/C15H18F3N3O4S/c16-12(17)3-4-19-9-2-1-8-5-11(22)15(14(18)10(8)6-9)21-7-13(23)20-26(21,24)25/h5,9,12,19,22H,1-4,6-7H2,(H,20,23)/t9-/m1/s1. The number of aromatic hydroxyl groups is 1. The quantitative estimate of drug-likeness (QED) is 0.688. The van der Waals surface area contributed by atoms with Gasteiger partial charge in [-0.3, -0.25) is 4.79 Å². The zero-order valence-corrected chi connectivity index (χ0v) is 14.5. The number of alkyl halides is 2. The molecule has 1 aliphatic carbocycles. The van der Waals surface area contributed by atoms with Gasteiger partial charge in [-0.2, -0.15) is 8.42 Å². The number of halogens is 3. The van der Waals surface area contributed by atoms with E-state index >= 15 is 4.39 Å². The molecule has 3 N–H and O–H groups in total. The third-order valence-corrected chi connectivity index (χ3v) is 5.87.